The predicted octanol–water partition coefficient (Wildman–Crippen LogP) is 0.381. The minimum absolute atomic E-state index is 0.531. The molecule has 0 bridgehead atoms. The molecule has 0 aromatic heterocycles. The second kappa shape index (κ2) is 8.43. The zero-order valence-electron chi connectivity index (χ0n) is 13.2. The van der Waals surface area contributed by atoms with Crippen LogP contribution in [0.2, 0.25) is 0 Å². The molecule has 21 heavy (non-hydrogen) atoms. The summed E-state index contributed by atoms with van der Waals surface area (Å²) in [6.45, 7) is 4.11. The Kier molecular flexibility index (Phi) is 6.88. The van der Waals surface area contributed by atoms with Crippen molar-refractivity contribution in [2.45, 2.75) is 44.6 Å². The molecule has 0 aromatic carbocycles. The first kappa shape index (κ1) is 17.1. The van der Waals surface area contributed by atoms with Gasteiger partial charge in [0.2, 0.25) is 0 Å². The van der Waals surface area contributed by atoms with E-state index in [1.165, 1.54) is 36.4 Å². The molecule has 6 nitrogen and oxygen atoms in total. The van der Waals surface area contributed by atoms with Crippen LogP contribution < -0.4 is 10.0 Å². The molecule has 1 saturated heterocycles. The van der Waals surface area contributed by atoms with Crippen LogP contribution in [0.4, 0.5) is 0 Å². The van der Waals surface area contributed by atoms with Crippen LogP contribution in [-0.4, -0.2) is 70.0 Å². The van der Waals surface area contributed by atoms with Gasteiger partial charge in [-0.25, -0.2) is 4.72 Å². The Morgan fingerprint density at radius 2 is 1.86 bits per heavy atom. The zero-order chi connectivity index (χ0) is 15.1. The predicted molar refractivity (Wildman–Crippen MR) is 85.5 cm³/mol. The summed E-state index contributed by atoms with van der Waals surface area (Å²) in [7, 11) is -1.11. The fourth-order valence-corrected chi connectivity index (χ4v) is 4.46. The van der Waals surface area contributed by atoms with Crippen molar-refractivity contribution in [3.8, 4) is 0 Å². The van der Waals surface area contributed by atoms with E-state index in [0.29, 0.717) is 25.7 Å². The van der Waals surface area contributed by atoms with Crippen LogP contribution >= 0.6 is 0 Å². The quantitative estimate of drug-likeness (QED) is 0.666. The van der Waals surface area contributed by atoms with E-state index in [2.05, 4.69) is 22.0 Å². The van der Waals surface area contributed by atoms with Gasteiger partial charge >= 0.3 is 0 Å². The van der Waals surface area contributed by atoms with Crippen molar-refractivity contribution in [3.63, 3.8) is 0 Å². The van der Waals surface area contributed by atoms with Crippen LogP contribution in [0.15, 0.2) is 0 Å². The first-order valence-electron chi connectivity index (χ1n) is 8.25. The highest BCUT2D eigenvalue weighted by atomic mass is 32.2. The summed E-state index contributed by atoms with van der Waals surface area (Å²) in [5.74, 6) is 0. The maximum atomic E-state index is 12.1. The van der Waals surface area contributed by atoms with E-state index < -0.39 is 10.2 Å². The van der Waals surface area contributed by atoms with Crippen molar-refractivity contribution < 1.29 is 8.42 Å². The van der Waals surface area contributed by atoms with Gasteiger partial charge in [0, 0.05) is 38.8 Å². The molecular formula is C14H30N4O2S. The molecule has 1 saturated carbocycles. The van der Waals surface area contributed by atoms with Gasteiger partial charge in [0.1, 0.15) is 0 Å². The van der Waals surface area contributed by atoms with Gasteiger partial charge in [-0.2, -0.15) is 12.7 Å². The number of hydrogen-bond donors (Lipinski definition) is 2. The molecular weight excluding hydrogens is 288 g/mol. The van der Waals surface area contributed by atoms with Crippen molar-refractivity contribution in [2.75, 3.05) is 46.3 Å². The SMILES string of the molecule is CN(CCCNS(=O)(=O)N1CCNCC1)C1CCCCC1. The summed E-state index contributed by atoms with van der Waals surface area (Å²) < 4.78 is 28.5. The Hall–Kier alpha value is -0.210. The fourth-order valence-electron chi connectivity index (χ4n) is 3.21. The standard InChI is InChI=1S/C14H30N4O2S/c1-17(14-6-3-2-4-7-14)11-5-8-16-21(19,20)18-12-9-15-10-13-18/h14-16H,2-13H2,1H3. The van der Waals surface area contributed by atoms with E-state index >= 15 is 0 Å². The van der Waals surface area contributed by atoms with Gasteiger partial charge < -0.3 is 10.2 Å². The van der Waals surface area contributed by atoms with E-state index in [-0.39, 0.29) is 0 Å². The lowest BCUT2D eigenvalue weighted by molar-refractivity contribution is 0.190. The number of rotatable bonds is 7. The Bertz CT molecular complexity index is 390. The minimum Gasteiger partial charge on any atom is -0.314 e. The average Bonchev–Trinajstić information content (AvgIpc) is 2.53. The number of nitrogens with zero attached hydrogens (tertiary/aromatic N) is 2. The van der Waals surface area contributed by atoms with E-state index in [9.17, 15) is 8.42 Å². The maximum absolute atomic E-state index is 12.1. The molecule has 0 spiro atoms. The second-order valence-corrected chi connectivity index (χ2v) is 7.93. The lowest BCUT2D eigenvalue weighted by atomic mass is 9.94. The minimum atomic E-state index is -3.28. The van der Waals surface area contributed by atoms with Crippen molar-refractivity contribution in [1.82, 2.24) is 19.2 Å². The van der Waals surface area contributed by atoms with Gasteiger partial charge in [0.25, 0.3) is 10.2 Å². The fraction of sp³-hybridized carbons (Fsp3) is 1.00. The molecule has 7 heteroatoms. The Labute approximate surface area is 129 Å². The Morgan fingerprint density at radius 3 is 2.52 bits per heavy atom. The van der Waals surface area contributed by atoms with E-state index in [1.54, 1.807) is 0 Å². The maximum Gasteiger partial charge on any atom is 0.279 e. The van der Waals surface area contributed by atoms with Gasteiger partial charge in [0.05, 0.1) is 0 Å². The van der Waals surface area contributed by atoms with Gasteiger partial charge in [-0.15, -0.1) is 0 Å². The molecule has 0 atom stereocenters. The lowest BCUT2D eigenvalue weighted by Crippen LogP contribution is -2.50. The van der Waals surface area contributed by atoms with Gasteiger partial charge in [-0.1, -0.05) is 19.3 Å². The van der Waals surface area contributed by atoms with Gasteiger partial charge in [0.15, 0.2) is 0 Å². The Balaban J connectivity index is 1.64. The van der Waals surface area contributed by atoms with Crippen LogP contribution in [0.5, 0.6) is 0 Å². The normalized spacial score (nSPS) is 22.8. The molecule has 0 aromatic rings. The van der Waals surface area contributed by atoms with Gasteiger partial charge in [-0.3, -0.25) is 0 Å². The number of nitrogens with one attached hydrogen (secondary N) is 2. The molecule has 2 aliphatic rings. The monoisotopic (exact) mass is 318 g/mol. The first-order valence-corrected chi connectivity index (χ1v) is 9.69. The summed E-state index contributed by atoms with van der Waals surface area (Å²) in [6, 6.07) is 0.698. The van der Waals surface area contributed by atoms with E-state index in [0.717, 1.165) is 26.1 Å². The largest absolute Gasteiger partial charge is 0.314 e. The highest BCUT2D eigenvalue weighted by molar-refractivity contribution is 7.87. The van der Waals surface area contributed by atoms with Crippen LogP contribution in [-0.2, 0) is 10.2 Å². The van der Waals surface area contributed by atoms with Crippen LogP contribution in [0.1, 0.15) is 38.5 Å². The molecule has 1 aliphatic heterocycles. The van der Waals surface area contributed by atoms with Crippen LogP contribution in [0, 0.1) is 0 Å². The smallest absolute Gasteiger partial charge is 0.279 e. The molecule has 1 heterocycles. The molecule has 2 fully saturated rings. The molecule has 2 rings (SSSR count). The number of hydrogen-bond acceptors (Lipinski definition) is 4. The molecule has 0 amide bonds. The molecule has 0 unspecified atom stereocenters. The molecule has 2 N–H and O–H groups in total. The number of piperazine rings is 1. The third kappa shape index (κ3) is 5.49. The Morgan fingerprint density at radius 1 is 1.19 bits per heavy atom. The van der Waals surface area contributed by atoms with Crippen molar-refractivity contribution in [2.24, 2.45) is 0 Å². The molecule has 124 valence electrons. The molecule has 0 radical (unpaired) electrons. The highest BCUT2D eigenvalue weighted by Gasteiger charge is 2.23. The van der Waals surface area contributed by atoms with Crippen LogP contribution in [0.25, 0.3) is 0 Å². The van der Waals surface area contributed by atoms with Crippen molar-refractivity contribution in [3.05, 3.63) is 0 Å². The first-order chi connectivity index (χ1) is 10.1. The third-order valence-electron chi connectivity index (χ3n) is 4.59. The third-order valence-corrected chi connectivity index (χ3v) is 6.20. The van der Waals surface area contributed by atoms with Crippen molar-refractivity contribution >= 4 is 10.2 Å². The van der Waals surface area contributed by atoms with E-state index in [4.69, 9.17) is 0 Å². The van der Waals surface area contributed by atoms with Crippen molar-refractivity contribution in [1.29, 1.82) is 0 Å². The summed E-state index contributed by atoms with van der Waals surface area (Å²) in [6.07, 6.45) is 7.51. The zero-order valence-corrected chi connectivity index (χ0v) is 14.0. The molecule has 1 aliphatic carbocycles. The topological polar surface area (TPSA) is 64.7 Å². The summed E-state index contributed by atoms with van der Waals surface area (Å²) >= 11 is 0. The van der Waals surface area contributed by atoms with Gasteiger partial charge in [-0.05, 0) is 32.9 Å². The lowest BCUT2D eigenvalue weighted by Gasteiger charge is -2.31. The summed E-state index contributed by atoms with van der Waals surface area (Å²) in [5.41, 5.74) is 0. The summed E-state index contributed by atoms with van der Waals surface area (Å²) in [5, 5.41) is 3.16. The summed E-state index contributed by atoms with van der Waals surface area (Å²) in [4.78, 5) is 2.40. The van der Waals surface area contributed by atoms with Crippen LogP contribution in [0.3, 0.4) is 0 Å². The highest BCUT2D eigenvalue weighted by Crippen LogP contribution is 2.21. The van der Waals surface area contributed by atoms with E-state index in [1.807, 2.05) is 0 Å². The second-order valence-electron chi connectivity index (χ2n) is 6.17. The average molecular weight is 318 g/mol.